The Kier molecular flexibility index (Phi) is 2.76. The predicted molar refractivity (Wildman–Crippen MR) is 68.7 cm³/mol. The van der Waals surface area contributed by atoms with Crippen molar-refractivity contribution in [2.45, 2.75) is 32.9 Å². The van der Waals surface area contributed by atoms with Crippen molar-refractivity contribution in [3.8, 4) is 0 Å². The van der Waals surface area contributed by atoms with Gasteiger partial charge in [-0.15, -0.1) is 0 Å². The summed E-state index contributed by atoms with van der Waals surface area (Å²) in [6.45, 7) is 5.88. The Morgan fingerprint density at radius 3 is 2.44 bits per heavy atom. The highest BCUT2D eigenvalue weighted by Crippen LogP contribution is 2.30. The van der Waals surface area contributed by atoms with Gasteiger partial charge in [-0.25, -0.2) is 14.8 Å². The van der Waals surface area contributed by atoms with Crippen molar-refractivity contribution in [2.24, 2.45) is 15.9 Å². The van der Waals surface area contributed by atoms with Crippen molar-refractivity contribution >= 4 is 23.5 Å². The average molecular weight is 250 g/mol. The molecule has 0 radical (unpaired) electrons. The minimum absolute atomic E-state index is 0.336. The first-order valence-corrected chi connectivity index (χ1v) is 6.01. The molecule has 1 unspecified atom stereocenters. The highest BCUT2D eigenvalue weighted by atomic mass is 16.2. The van der Waals surface area contributed by atoms with Crippen molar-refractivity contribution in [2.75, 3.05) is 14.1 Å². The molecule has 2 rings (SSSR count). The summed E-state index contributed by atoms with van der Waals surface area (Å²) in [4.78, 5) is 35.3. The first-order chi connectivity index (χ1) is 8.27. The van der Waals surface area contributed by atoms with Crippen LogP contribution in [0.1, 0.15) is 27.2 Å². The number of nitrogens with zero attached hydrogens (tertiary/aromatic N) is 4. The van der Waals surface area contributed by atoms with Gasteiger partial charge < -0.3 is 0 Å². The number of imide groups is 1. The predicted octanol–water partition coefficient (Wildman–Crippen LogP) is 1.13. The van der Waals surface area contributed by atoms with Gasteiger partial charge in [0.15, 0.2) is 11.4 Å². The molecular weight excluding hydrogens is 232 g/mol. The Hall–Kier alpha value is -1.72. The van der Waals surface area contributed by atoms with Crippen molar-refractivity contribution in [3.63, 3.8) is 0 Å². The Morgan fingerprint density at radius 2 is 1.89 bits per heavy atom. The van der Waals surface area contributed by atoms with Crippen LogP contribution in [-0.2, 0) is 4.79 Å². The number of hydrogen-bond donors (Lipinski definition) is 0. The fourth-order valence-electron chi connectivity index (χ4n) is 2.16. The molecule has 98 valence electrons. The van der Waals surface area contributed by atoms with E-state index < -0.39 is 5.66 Å². The summed E-state index contributed by atoms with van der Waals surface area (Å²) in [5, 5.41) is 0. The molecule has 0 aromatic heterocycles. The number of fused-ring (bicyclic) bond motifs is 1. The second-order valence-corrected chi connectivity index (χ2v) is 5.31. The molecule has 1 atom stereocenters. The molecule has 18 heavy (non-hydrogen) atoms. The van der Waals surface area contributed by atoms with Crippen molar-refractivity contribution < 1.29 is 9.59 Å². The van der Waals surface area contributed by atoms with Crippen LogP contribution in [0.15, 0.2) is 9.98 Å². The molecule has 0 N–H and O–H groups in total. The second-order valence-electron chi connectivity index (χ2n) is 5.31. The minimum Gasteiger partial charge on any atom is -0.297 e. The largest absolute Gasteiger partial charge is 0.328 e. The zero-order chi connectivity index (χ0) is 13.7. The number of carbonyl (C=O) groups is 2. The first-order valence-electron chi connectivity index (χ1n) is 6.01. The summed E-state index contributed by atoms with van der Waals surface area (Å²) in [6.07, 6.45) is 0.706. The van der Waals surface area contributed by atoms with Crippen LogP contribution in [0.4, 0.5) is 4.79 Å². The lowest BCUT2D eigenvalue weighted by atomic mass is 10.0. The monoisotopic (exact) mass is 250 g/mol. The zero-order valence-electron chi connectivity index (χ0n) is 11.4. The van der Waals surface area contributed by atoms with Gasteiger partial charge in [0.05, 0.1) is 0 Å². The fraction of sp³-hybridized carbons (Fsp3) is 0.667. The Bertz CT molecular complexity index is 480. The SMILES string of the molecule is CC(C)CC1=NC2(C)C(=N1)C(=O)N(C)C(=O)N2C. The van der Waals surface area contributed by atoms with E-state index in [4.69, 9.17) is 0 Å². The summed E-state index contributed by atoms with van der Waals surface area (Å²) in [7, 11) is 3.10. The van der Waals surface area contributed by atoms with E-state index in [1.54, 1.807) is 14.0 Å². The van der Waals surface area contributed by atoms with Crippen LogP contribution in [0.2, 0.25) is 0 Å². The van der Waals surface area contributed by atoms with Crippen molar-refractivity contribution in [1.29, 1.82) is 0 Å². The van der Waals surface area contributed by atoms with E-state index in [1.165, 1.54) is 11.9 Å². The van der Waals surface area contributed by atoms with Gasteiger partial charge in [-0.1, -0.05) is 13.8 Å². The first kappa shape index (κ1) is 12.7. The molecule has 2 aliphatic rings. The number of amides is 3. The molecule has 6 heteroatoms. The number of amidine groups is 1. The van der Waals surface area contributed by atoms with Crippen molar-refractivity contribution in [3.05, 3.63) is 0 Å². The number of aliphatic imine (C=N–C) groups is 2. The summed E-state index contributed by atoms with van der Waals surface area (Å²) in [6, 6.07) is -0.351. The Labute approximate surface area is 106 Å². The molecule has 2 heterocycles. The topological polar surface area (TPSA) is 65.3 Å². The van der Waals surface area contributed by atoms with Gasteiger partial charge in [-0.05, 0) is 12.8 Å². The van der Waals surface area contributed by atoms with Crippen LogP contribution in [-0.4, -0.2) is 53.0 Å². The molecule has 0 saturated carbocycles. The van der Waals surface area contributed by atoms with Gasteiger partial charge >= 0.3 is 6.03 Å². The third-order valence-corrected chi connectivity index (χ3v) is 3.36. The lowest BCUT2D eigenvalue weighted by Gasteiger charge is -2.40. The Balaban J connectivity index is 2.43. The zero-order valence-corrected chi connectivity index (χ0v) is 11.4. The third kappa shape index (κ3) is 1.63. The van der Waals surface area contributed by atoms with Gasteiger partial charge in [-0.3, -0.25) is 14.6 Å². The maximum Gasteiger partial charge on any atom is 0.328 e. The minimum atomic E-state index is -0.940. The number of hydrogen-bond acceptors (Lipinski definition) is 4. The highest BCUT2D eigenvalue weighted by molar-refractivity contribution is 6.48. The molecule has 3 amide bonds. The lowest BCUT2D eigenvalue weighted by molar-refractivity contribution is -0.122. The Morgan fingerprint density at radius 1 is 1.28 bits per heavy atom. The van der Waals surface area contributed by atoms with Gasteiger partial charge in [-0.2, -0.15) is 0 Å². The smallest absolute Gasteiger partial charge is 0.297 e. The van der Waals surface area contributed by atoms with E-state index in [-0.39, 0.29) is 11.9 Å². The summed E-state index contributed by atoms with van der Waals surface area (Å²) < 4.78 is 0. The van der Waals surface area contributed by atoms with Gasteiger partial charge in [0.2, 0.25) is 0 Å². The van der Waals surface area contributed by atoms with E-state index in [2.05, 4.69) is 23.8 Å². The third-order valence-electron chi connectivity index (χ3n) is 3.36. The highest BCUT2D eigenvalue weighted by Gasteiger charge is 2.51. The molecule has 0 spiro atoms. The quantitative estimate of drug-likeness (QED) is 0.737. The van der Waals surface area contributed by atoms with Crippen LogP contribution in [0.5, 0.6) is 0 Å². The molecule has 0 aromatic rings. The van der Waals surface area contributed by atoms with E-state index >= 15 is 0 Å². The number of rotatable bonds is 2. The van der Waals surface area contributed by atoms with E-state index in [0.717, 1.165) is 4.90 Å². The second kappa shape index (κ2) is 3.90. The van der Waals surface area contributed by atoms with E-state index in [9.17, 15) is 9.59 Å². The average Bonchev–Trinajstić information content (AvgIpc) is 2.61. The molecular formula is C12H18N4O2. The number of carbonyl (C=O) groups excluding carboxylic acids is 2. The summed E-state index contributed by atoms with van der Waals surface area (Å²) in [5.41, 5.74) is -0.604. The van der Waals surface area contributed by atoms with Gasteiger partial charge in [0.1, 0.15) is 5.84 Å². The maximum atomic E-state index is 12.1. The fourth-order valence-corrected chi connectivity index (χ4v) is 2.16. The molecule has 0 aromatic carbocycles. The standard InChI is InChI=1S/C12H18N4O2/c1-7(2)6-8-13-9-10(17)15(4)11(18)16(5)12(9,3)14-8/h7H,6H2,1-5H3. The molecule has 6 nitrogen and oxygen atoms in total. The number of urea groups is 1. The molecule has 2 aliphatic heterocycles. The molecule has 0 aliphatic carbocycles. The summed E-state index contributed by atoms with van der Waals surface area (Å²) in [5.74, 6) is 0.694. The molecule has 1 saturated heterocycles. The van der Waals surface area contributed by atoms with Crippen LogP contribution in [0.25, 0.3) is 0 Å². The van der Waals surface area contributed by atoms with Crippen molar-refractivity contribution in [1.82, 2.24) is 9.80 Å². The van der Waals surface area contributed by atoms with Crippen LogP contribution < -0.4 is 0 Å². The maximum absolute atomic E-state index is 12.1. The molecule has 1 fully saturated rings. The molecule has 0 bridgehead atoms. The van der Waals surface area contributed by atoms with Crippen LogP contribution >= 0.6 is 0 Å². The van der Waals surface area contributed by atoms with Gasteiger partial charge in [0, 0.05) is 20.5 Å². The normalized spacial score (nSPS) is 27.7. The van der Waals surface area contributed by atoms with Gasteiger partial charge in [0.25, 0.3) is 5.91 Å². The van der Waals surface area contributed by atoms with Crippen LogP contribution in [0.3, 0.4) is 0 Å². The lowest BCUT2D eigenvalue weighted by Crippen LogP contribution is -2.64. The van der Waals surface area contributed by atoms with E-state index in [0.29, 0.717) is 23.9 Å². The van der Waals surface area contributed by atoms with Crippen LogP contribution in [0, 0.1) is 5.92 Å². The van der Waals surface area contributed by atoms with E-state index in [1.807, 2.05) is 0 Å². The summed E-state index contributed by atoms with van der Waals surface area (Å²) >= 11 is 0.